The van der Waals surface area contributed by atoms with Crippen molar-refractivity contribution in [3.63, 3.8) is 0 Å². The van der Waals surface area contributed by atoms with Crippen LogP contribution in [0.25, 0.3) is 11.0 Å². The monoisotopic (exact) mass is 218 g/mol. The maximum absolute atomic E-state index is 10.1. The Morgan fingerprint density at radius 1 is 1.19 bits per heavy atom. The third-order valence-corrected chi connectivity index (χ3v) is 2.89. The lowest BCUT2D eigenvalue weighted by molar-refractivity contribution is 0.159. The number of rotatable bonds is 4. The van der Waals surface area contributed by atoms with Crippen LogP contribution in [0.1, 0.15) is 38.4 Å². The first-order chi connectivity index (χ1) is 7.68. The van der Waals surface area contributed by atoms with Gasteiger partial charge in [0.15, 0.2) is 0 Å². The van der Waals surface area contributed by atoms with Crippen molar-refractivity contribution >= 4 is 11.0 Å². The second-order valence-electron chi connectivity index (χ2n) is 4.67. The molecule has 2 aromatic rings. The summed E-state index contributed by atoms with van der Waals surface area (Å²) in [6, 6.07) is 7.83. The van der Waals surface area contributed by atoms with Crippen molar-refractivity contribution in [2.24, 2.45) is 5.92 Å². The average Bonchev–Trinajstić information content (AvgIpc) is 2.69. The molecule has 0 fully saturated rings. The molecule has 0 aliphatic carbocycles. The van der Waals surface area contributed by atoms with E-state index in [2.05, 4.69) is 13.8 Å². The number of hydrogen-bond acceptors (Lipinski definition) is 2. The van der Waals surface area contributed by atoms with Crippen molar-refractivity contribution in [2.75, 3.05) is 0 Å². The van der Waals surface area contributed by atoms with Crippen LogP contribution in [0.3, 0.4) is 0 Å². The van der Waals surface area contributed by atoms with E-state index < -0.39 is 6.10 Å². The topological polar surface area (TPSA) is 33.4 Å². The fourth-order valence-corrected chi connectivity index (χ4v) is 1.90. The van der Waals surface area contributed by atoms with Gasteiger partial charge in [0.05, 0.1) is 12.4 Å². The van der Waals surface area contributed by atoms with Gasteiger partial charge < -0.3 is 9.52 Å². The van der Waals surface area contributed by atoms with Gasteiger partial charge in [0.25, 0.3) is 0 Å². The predicted molar refractivity (Wildman–Crippen MR) is 65.2 cm³/mol. The van der Waals surface area contributed by atoms with E-state index in [0.29, 0.717) is 5.92 Å². The molecule has 16 heavy (non-hydrogen) atoms. The Morgan fingerprint density at radius 2 is 1.94 bits per heavy atom. The molecule has 0 aliphatic heterocycles. The van der Waals surface area contributed by atoms with Gasteiger partial charge in [-0.1, -0.05) is 32.0 Å². The highest BCUT2D eigenvalue weighted by Crippen LogP contribution is 2.29. The number of benzene rings is 1. The molecule has 1 aromatic heterocycles. The van der Waals surface area contributed by atoms with E-state index in [4.69, 9.17) is 4.42 Å². The second-order valence-corrected chi connectivity index (χ2v) is 4.67. The molecular formula is C14H18O2. The first-order valence-corrected chi connectivity index (χ1v) is 5.82. The molecule has 1 heterocycles. The zero-order valence-electron chi connectivity index (χ0n) is 9.81. The molecule has 1 unspecified atom stereocenters. The first-order valence-electron chi connectivity index (χ1n) is 5.82. The standard InChI is InChI=1S/C14H18O2/c1-10(2)7-8-13(15)12-9-16-14-6-4-3-5-11(12)14/h3-6,9-10,13,15H,7-8H2,1-2H3. The second kappa shape index (κ2) is 4.71. The molecule has 0 amide bonds. The van der Waals surface area contributed by atoms with Crippen LogP contribution in [0.4, 0.5) is 0 Å². The molecule has 0 bridgehead atoms. The lowest BCUT2D eigenvalue weighted by Crippen LogP contribution is -1.98. The van der Waals surface area contributed by atoms with Crippen LogP contribution in [0.15, 0.2) is 34.9 Å². The first kappa shape index (κ1) is 11.2. The van der Waals surface area contributed by atoms with Crippen LogP contribution >= 0.6 is 0 Å². The molecule has 2 rings (SSSR count). The molecule has 2 heteroatoms. The summed E-state index contributed by atoms with van der Waals surface area (Å²) in [5.74, 6) is 0.618. The van der Waals surface area contributed by atoms with Crippen molar-refractivity contribution in [3.8, 4) is 0 Å². The largest absolute Gasteiger partial charge is 0.464 e. The number of aliphatic hydroxyl groups is 1. The van der Waals surface area contributed by atoms with E-state index >= 15 is 0 Å². The molecule has 2 nitrogen and oxygen atoms in total. The van der Waals surface area contributed by atoms with Gasteiger partial charge in [0.1, 0.15) is 5.58 Å². The zero-order valence-corrected chi connectivity index (χ0v) is 9.81. The van der Waals surface area contributed by atoms with E-state index in [1.165, 1.54) is 0 Å². The predicted octanol–water partition coefficient (Wildman–Crippen LogP) is 3.90. The van der Waals surface area contributed by atoms with Crippen molar-refractivity contribution < 1.29 is 9.52 Å². The zero-order chi connectivity index (χ0) is 11.5. The fourth-order valence-electron chi connectivity index (χ4n) is 1.90. The van der Waals surface area contributed by atoms with Gasteiger partial charge in [-0.25, -0.2) is 0 Å². The number of fused-ring (bicyclic) bond motifs is 1. The Labute approximate surface area is 95.9 Å². The molecule has 0 radical (unpaired) electrons. The molecule has 0 aliphatic rings. The van der Waals surface area contributed by atoms with E-state index in [1.807, 2.05) is 24.3 Å². The Bertz CT molecular complexity index is 456. The van der Waals surface area contributed by atoms with Crippen LogP contribution < -0.4 is 0 Å². The molecular weight excluding hydrogens is 200 g/mol. The maximum atomic E-state index is 10.1. The van der Waals surface area contributed by atoms with Gasteiger partial charge in [-0.3, -0.25) is 0 Å². The van der Waals surface area contributed by atoms with Gasteiger partial charge in [-0.15, -0.1) is 0 Å². The summed E-state index contributed by atoms with van der Waals surface area (Å²) in [5.41, 5.74) is 1.76. The molecule has 86 valence electrons. The summed E-state index contributed by atoms with van der Waals surface area (Å²) in [6.45, 7) is 4.33. The van der Waals surface area contributed by atoms with Crippen LogP contribution in [0.2, 0.25) is 0 Å². The highest BCUT2D eigenvalue weighted by Gasteiger charge is 2.14. The fraction of sp³-hybridized carbons (Fsp3) is 0.429. The van der Waals surface area contributed by atoms with Crippen molar-refractivity contribution in [2.45, 2.75) is 32.8 Å². The number of para-hydroxylation sites is 1. The van der Waals surface area contributed by atoms with Crippen molar-refractivity contribution in [1.82, 2.24) is 0 Å². The minimum absolute atomic E-state index is 0.411. The minimum atomic E-state index is -0.411. The van der Waals surface area contributed by atoms with Gasteiger partial charge in [0, 0.05) is 10.9 Å². The molecule has 1 atom stereocenters. The number of aliphatic hydroxyl groups excluding tert-OH is 1. The van der Waals surface area contributed by atoms with Crippen LogP contribution in [0.5, 0.6) is 0 Å². The minimum Gasteiger partial charge on any atom is -0.464 e. The highest BCUT2D eigenvalue weighted by molar-refractivity contribution is 5.81. The van der Waals surface area contributed by atoms with E-state index in [9.17, 15) is 5.11 Å². The summed E-state index contributed by atoms with van der Waals surface area (Å²) < 4.78 is 5.42. The summed E-state index contributed by atoms with van der Waals surface area (Å²) >= 11 is 0. The van der Waals surface area contributed by atoms with Gasteiger partial charge >= 0.3 is 0 Å². The lowest BCUT2D eigenvalue weighted by atomic mass is 9.99. The van der Waals surface area contributed by atoms with Crippen LogP contribution in [0, 0.1) is 5.92 Å². The Morgan fingerprint density at radius 3 is 2.69 bits per heavy atom. The Balaban J connectivity index is 2.19. The molecule has 1 aromatic carbocycles. The molecule has 0 spiro atoms. The molecule has 1 N–H and O–H groups in total. The SMILES string of the molecule is CC(C)CCC(O)c1coc2ccccc12. The van der Waals surface area contributed by atoms with Gasteiger partial charge in [-0.05, 0) is 24.8 Å². The quantitative estimate of drug-likeness (QED) is 0.844. The summed E-state index contributed by atoms with van der Waals surface area (Å²) in [6.07, 6.45) is 3.09. The van der Waals surface area contributed by atoms with E-state index in [0.717, 1.165) is 29.4 Å². The van der Waals surface area contributed by atoms with E-state index in [1.54, 1.807) is 6.26 Å². The summed E-state index contributed by atoms with van der Waals surface area (Å²) in [4.78, 5) is 0. The van der Waals surface area contributed by atoms with E-state index in [-0.39, 0.29) is 0 Å². The number of hydrogen-bond donors (Lipinski definition) is 1. The number of furan rings is 1. The summed E-state index contributed by atoms with van der Waals surface area (Å²) in [7, 11) is 0. The summed E-state index contributed by atoms with van der Waals surface area (Å²) in [5, 5.41) is 11.1. The Kier molecular flexibility index (Phi) is 3.30. The van der Waals surface area contributed by atoms with Crippen molar-refractivity contribution in [3.05, 3.63) is 36.1 Å². The molecule has 0 saturated heterocycles. The molecule has 0 saturated carbocycles. The lowest BCUT2D eigenvalue weighted by Gasteiger charge is -2.10. The van der Waals surface area contributed by atoms with Crippen LogP contribution in [-0.4, -0.2) is 5.11 Å². The van der Waals surface area contributed by atoms with Crippen molar-refractivity contribution in [1.29, 1.82) is 0 Å². The smallest absolute Gasteiger partial charge is 0.134 e. The van der Waals surface area contributed by atoms with Gasteiger partial charge in [0.2, 0.25) is 0 Å². The third-order valence-electron chi connectivity index (χ3n) is 2.89. The average molecular weight is 218 g/mol. The highest BCUT2D eigenvalue weighted by atomic mass is 16.3. The Hall–Kier alpha value is -1.28. The normalized spacial score (nSPS) is 13.5. The van der Waals surface area contributed by atoms with Gasteiger partial charge in [-0.2, -0.15) is 0 Å². The maximum Gasteiger partial charge on any atom is 0.134 e. The third kappa shape index (κ3) is 2.27. The van der Waals surface area contributed by atoms with Crippen LogP contribution in [-0.2, 0) is 0 Å².